The molecule has 25 heavy (non-hydrogen) atoms. The zero-order valence-corrected chi connectivity index (χ0v) is 14.8. The smallest absolute Gasteiger partial charge is 0.291 e. The molecular weight excluding hydrogens is 324 g/mol. The molecule has 0 aromatic carbocycles. The van der Waals surface area contributed by atoms with E-state index in [-0.39, 0.29) is 34.1 Å². The molecule has 0 spiro atoms. The third kappa shape index (κ3) is 3.29. The van der Waals surface area contributed by atoms with Gasteiger partial charge in [-0.05, 0) is 18.3 Å². The van der Waals surface area contributed by atoms with Crippen molar-refractivity contribution in [1.29, 1.82) is 0 Å². The van der Waals surface area contributed by atoms with Gasteiger partial charge in [0.15, 0.2) is 11.3 Å². The van der Waals surface area contributed by atoms with E-state index in [0.717, 1.165) is 17.4 Å². The maximum atomic E-state index is 12.7. The molecule has 1 saturated carbocycles. The largest absolute Gasteiger partial charge is 0.494 e. The number of ketones is 1. The van der Waals surface area contributed by atoms with Gasteiger partial charge >= 0.3 is 0 Å². The van der Waals surface area contributed by atoms with Crippen LogP contribution in [0.5, 0.6) is 5.88 Å². The standard InChI is InChI=1S/C17H22N4O4/c1-9(22)11-7-12-20(8-17(2,3)4)15(24)13(16(25)21(12)19-11)14(23)18-10-5-6-10/h7,10,24H,5-6,8H2,1-4H3,(H,18,23). The topological polar surface area (TPSA) is 106 Å². The Morgan fingerprint density at radius 2 is 2.00 bits per heavy atom. The molecule has 1 aliphatic rings. The van der Waals surface area contributed by atoms with E-state index in [1.54, 1.807) is 0 Å². The van der Waals surface area contributed by atoms with E-state index in [1.807, 2.05) is 20.8 Å². The Hall–Kier alpha value is -2.64. The van der Waals surface area contributed by atoms with Gasteiger partial charge in [-0.3, -0.25) is 19.0 Å². The van der Waals surface area contributed by atoms with Gasteiger partial charge in [0.1, 0.15) is 11.3 Å². The van der Waals surface area contributed by atoms with Crippen LogP contribution in [0.3, 0.4) is 0 Å². The van der Waals surface area contributed by atoms with Gasteiger partial charge in [0.2, 0.25) is 5.88 Å². The summed E-state index contributed by atoms with van der Waals surface area (Å²) in [6, 6.07) is 1.50. The van der Waals surface area contributed by atoms with Gasteiger partial charge in [-0.25, -0.2) is 0 Å². The van der Waals surface area contributed by atoms with E-state index in [9.17, 15) is 19.5 Å². The van der Waals surface area contributed by atoms with E-state index in [1.165, 1.54) is 17.6 Å². The number of rotatable bonds is 4. The Bertz CT molecular complexity index is 929. The van der Waals surface area contributed by atoms with Gasteiger partial charge in [-0.1, -0.05) is 20.8 Å². The number of hydrogen-bond acceptors (Lipinski definition) is 5. The first kappa shape index (κ1) is 17.2. The Morgan fingerprint density at radius 1 is 1.36 bits per heavy atom. The minimum Gasteiger partial charge on any atom is -0.494 e. The molecule has 8 heteroatoms. The minimum absolute atomic E-state index is 0.0449. The van der Waals surface area contributed by atoms with Gasteiger partial charge in [0.25, 0.3) is 11.5 Å². The molecule has 1 fully saturated rings. The molecule has 134 valence electrons. The number of carbonyl (C=O) groups excluding carboxylic acids is 2. The van der Waals surface area contributed by atoms with Crippen LogP contribution in [-0.4, -0.2) is 37.0 Å². The molecule has 0 unspecified atom stereocenters. The van der Waals surface area contributed by atoms with Crippen molar-refractivity contribution in [3.8, 4) is 5.88 Å². The average molecular weight is 346 g/mol. The van der Waals surface area contributed by atoms with Gasteiger partial charge < -0.3 is 10.4 Å². The lowest BCUT2D eigenvalue weighted by Gasteiger charge is -2.23. The lowest BCUT2D eigenvalue weighted by atomic mass is 9.96. The summed E-state index contributed by atoms with van der Waals surface area (Å²) in [7, 11) is 0. The molecule has 0 bridgehead atoms. The Balaban J connectivity index is 2.26. The number of aromatic nitrogens is 3. The molecule has 2 aromatic heterocycles. The van der Waals surface area contributed by atoms with E-state index >= 15 is 0 Å². The normalized spacial score (nSPS) is 14.7. The van der Waals surface area contributed by atoms with Gasteiger partial charge in [-0.2, -0.15) is 9.61 Å². The highest BCUT2D eigenvalue weighted by Crippen LogP contribution is 2.26. The number of nitrogens with one attached hydrogen (secondary N) is 1. The maximum absolute atomic E-state index is 12.7. The molecule has 1 aliphatic carbocycles. The molecule has 1 amide bonds. The van der Waals surface area contributed by atoms with Crippen molar-refractivity contribution >= 4 is 17.3 Å². The second-order valence-electron chi connectivity index (χ2n) is 7.75. The molecule has 0 radical (unpaired) electrons. The zero-order valence-electron chi connectivity index (χ0n) is 14.8. The molecule has 2 N–H and O–H groups in total. The highest BCUT2D eigenvalue weighted by atomic mass is 16.3. The van der Waals surface area contributed by atoms with Crippen molar-refractivity contribution in [2.75, 3.05) is 0 Å². The number of hydrogen-bond donors (Lipinski definition) is 2. The van der Waals surface area contributed by atoms with Crippen LogP contribution in [0.15, 0.2) is 10.9 Å². The average Bonchev–Trinajstić information content (AvgIpc) is 3.16. The number of carbonyl (C=O) groups is 2. The summed E-state index contributed by atoms with van der Waals surface area (Å²) in [5, 5.41) is 17.4. The first-order chi connectivity index (χ1) is 11.6. The van der Waals surface area contributed by atoms with Crippen LogP contribution >= 0.6 is 0 Å². The summed E-state index contributed by atoms with van der Waals surface area (Å²) in [5.74, 6) is -1.32. The van der Waals surface area contributed by atoms with E-state index in [2.05, 4.69) is 10.4 Å². The molecule has 8 nitrogen and oxygen atoms in total. The number of amides is 1. The number of Topliss-reactive ketones (excluding diaryl/α,β-unsaturated/α-hetero) is 1. The molecule has 0 atom stereocenters. The van der Waals surface area contributed by atoms with Crippen LogP contribution in [-0.2, 0) is 6.54 Å². The van der Waals surface area contributed by atoms with Crippen molar-refractivity contribution in [2.24, 2.45) is 5.41 Å². The van der Waals surface area contributed by atoms with Crippen molar-refractivity contribution in [3.63, 3.8) is 0 Å². The van der Waals surface area contributed by atoms with Crippen molar-refractivity contribution in [1.82, 2.24) is 19.5 Å². The summed E-state index contributed by atoms with van der Waals surface area (Å²) in [5.41, 5.74) is -0.924. The monoisotopic (exact) mass is 346 g/mol. The van der Waals surface area contributed by atoms with Crippen LogP contribution in [0.2, 0.25) is 0 Å². The second-order valence-corrected chi connectivity index (χ2v) is 7.75. The van der Waals surface area contributed by atoms with Gasteiger partial charge in [0.05, 0.1) is 0 Å². The SMILES string of the molecule is CC(=O)c1cc2n(CC(C)(C)C)c(O)c(C(=O)NC3CC3)c(=O)n2n1. The lowest BCUT2D eigenvalue weighted by Crippen LogP contribution is -2.35. The molecular formula is C17H22N4O4. The number of fused-ring (bicyclic) bond motifs is 1. The van der Waals surface area contributed by atoms with Crippen LogP contribution in [0, 0.1) is 5.41 Å². The summed E-state index contributed by atoms with van der Waals surface area (Å²) in [4.78, 5) is 36.8. The molecule has 0 aliphatic heterocycles. The summed E-state index contributed by atoms with van der Waals surface area (Å²) < 4.78 is 2.48. The van der Waals surface area contributed by atoms with Crippen LogP contribution in [0.4, 0.5) is 0 Å². The van der Waals surface area contributed by atoms with Gasteiger partial charge in [0, 0.05) is 25.6 Å². The van der Waals surface area contributed by atoms with E-state index in [0.29, 0.717) is 6.54 Å². The highest BCUT2D eigenvalue weighted by molar-refractivity contribution is 5.97. The fourth-order valence-corrected chi connectivity index (χ4v) is 2.64. The van der Waals surface area contributed by atoms with Crippen molar-refractivity contribution in [3.05, 3.63) is 27.7 Å². The van der Waals surface area contributed by atoms with E-state index in [4.69, 9.17) is 0 Å². The quantitative estimate of drug-likeness (QED) is 0.813. The zero-order chi connectivity index (χ0) is 18.5. The second kappa shape index (κ2) is 5.72. The summed E-state index contributed by atoms with van der Waals surface area (Å²) in [6.07, 6.45) is 1.72. The third-order valence-corrected chi connectivity index (χ3v) is 3.99. The van der Waals surface area contributed by atoms with Crippen LogP contribution < -0.4 is 10.9 Å². The van der Waals surface area contributed by atoms with Gasteiger partial charge in [-0.15, -0.1) is 0 Å². The Labute approximate surface area is 144 Å². The highest BCUT2D eigenvalue weighted by Gasteiger charge is 2.30. The van der Waals surface area contributed by atoms with Crippen molar-refractivity contribution < 1.29 is 14.7 Å². The summed E-state index contributed by atoms with van der Waals surface area (Å²) >= 11 is 0. The molecule has 2 heterocycles. The van der Waals surface area contributed by atoms with Crippen LogP contribution in [0.25, 0.3) is 5.65 Å². The molecule has 0 saturated heterocycles. The van der Waals surface area contributed by atoms with E-state index < -0.39 is 17.3 Å². The van der Waals surface area contributed by atoms with Crippen molar-refractivity contribution in [2.45, 2.75) is 53.1 Å². The number of nitrogens with zero attached hydrogens (tertiary/aromatic N) is 3. The third-order valence-electron chi connectivity index (χ3n) is 3.99. The lowest BCUT2D eigenvalue weighted by molar-refractivity contribution is 0.0943. The minimum atomic E-state index is -0.733. The molecule has 2 aromatic rings. The number of aromatic hydroxyl groups is 1. The molecule has 3 rings (SSSR count). The fraction of sp³-hybridized carbons (Fsp3) is 0.529. The fourth-order valence-electron chi connectivity index (χ4n) is 2.64. The predicted octanol–water partition coefficient (Wildman–Crippen LogP) is 1.34. The maximum Gasteiger partial charge on any atom is 0.291 e. The van der Waals surface area contributed by atoms with Crippen LogP contribution in [0.1, 0.15) is 61.4 Å². The Morgan fingerprint density at radius 3 is 2.52 bits per heavy atom. The summed E-state index contributed by atoms with van der Waals surface area (Å²) in [6.45, 7) is 7.59. The first-order valence-corrected chi connectivity index (χ1v) is 8.26. The Kier molecular flexibility index (Phi) is 3.93. The first-order valence-electron chi connectivity index (χ1n) is 8.26. The predicted molar refractivity (Wildman–Crippen MR) is 91.1 cm³/mol.